The number of nitrogens with one attached hydrogen (secondary N) is 1. The Morgan fingerprint density at radius 3 is 1.88 bits per heavy atom. The van der Waals surface area contributed by atoms with Crippen molar-refractivity contribution in [3.8, 4) is 5.75 Å². The number of hydrogen-bond donors (Lipinski definition) is 1. The number of piperazine rings is 1. The molecule has 0 unspecified atom stereocenters. The lowest BCUT2D eigenvalue weighted by Gasteiger charge is -2.56. The number of hydrogen-bond acceptors (Lipinski definition) is 5. The molecule has 5 fully saturated rings. The van der Waals surface area contributed by atoms with E-state index in [4.69, 9.17) is 0 Å². The fourth-order valence-corrected chi connectivity index (χ4v) is 7.07. The number of anilines is 1. The van der Waals surface area contributed by atoms with Gasteiger partial charge in [-0.15, -0.1) is 13.2 Å². The minimum Gasteiger partial charge on any atom is -0.406 e. The van der Waals surface area contributed by atoms with Crippen LogP contribution in [0.1, 0.15) is 38.5 Å². The second-order valence-electron chi connectivity index (χ2n) is 10.8. The number of rotatable bonds is 7. The molecule has 1 aromatic carbocycles. The van der Waals surface area contributed by atoms with Crippen LogP contribution in [0.25, 0.3) is 0 Å². The molecule has 186 valence electrons. The summed E-state index contributed by atoms with van der Waals surface area (Å²) in [5.41, 5.74) is 0.353. The van der Waals surface area contributed by atoms with Crippen LogP contribution in [0.3, 0.4) is 0 Å². The molecule has 6 nitrogen and oxygen atoms in total. The second-order valence-corrected chi connectivity index (χ2v) is 10.8. The molecule has 9 heteroatoms. The predicted octanol–water partition coefficient (Wildman–Crippen LogP) is 3.93. The van der Waals surface area contributed by atoms with E-state index in [1.807, 2.05) is 4.90 Å². The van der Waals surface area contributed by atoms with Crippen LogP contribution < -0.4 is 10.1 Å². The standard InChI is InChI=1S/C25H32F3N3O3/c26-25(27,28)34-21-3-1-20(2-4-21)29-23(33)16-31-7-5-30(6-8-31)15-22(32)24-12-17-9-18(13-24)11-19(10-17)14-24/h1-4,17-19H,5-16H2,(H,29,33). The summed E-state index contributed by atoms with van der Waals surface area (Å²) < 4.78 is 40.6. The lowest BCUT2D eigenvalue weighted by atomic mass is 9.48. The van der Waals surface area contributed by atoms with Gasteiger partial charge in [0.05, 0.1) is 13.1 Å². The van der Waals surface area contributed by atoms with Crippen LogP contribution in [0.2, 0.25) is 0 Å². The molecule has 1 saturated heterocycles. The van der Waals surface area contributed by atoms with Crippen molar-refractivity contribution in [1.82, 2.24) is 9.80 Å². The second kappa shape index (κ2) is 9.15. The number of amides is 1. The van der Waals surface area contributed by atoms with Gasteiger partial charge in [0.25, 0.3) is 0 Å². The summed E-state index contributed by atoms with van der Waals surface area (Å²) in [6, 6.07) is 5.10. The summed E-state index contributed by atoms with van der Waals surface area (Å²) in [5.74, 6) is 2.18. The van der Waals surface area contributed by atoms with Crippen molar-refractivity contribution >= 4 is 17.4 Å². The SMILES string of the molecule is O=C(CN1CCN(CC(=O)C23CC4CC(CC(C4)C2)C3)CC1)Nc1ccc(OC(F)(F)F)cc1. The first-order valence-corrected chi connectivity index (χ1v) is 12.3. The summed E-state index contributed by atoms with van der Waals surface area (Å²) in [4.78, 5) is 30.0. The summed E-state index contributed by atoms with van der Waals surface area (Å²) in [7, 11) is 0. The normalized spacial score (nSPS) is 31.4. The highest BCUT2D eigenvalue weighted by Crippen LogP contribution is 2.60. The monoisotopic (exact) mass is 479 g/mol. The summed E-state index contributed by atoms with van der Waals surface area (Å²) in [5, 5.41) is 2.71. The van der Waals surface area contributed by atoms with Gasteiger partial charge < -0.3 is 10.1 Å². The zero-order valence-electron chi connectivity index (χ0n) is 19.3. The number of nitrogens with zero attached hydrogens (tertiary/aromatic N) is 2. The first kappa shape index (κ1) is 23.6. The van der Waals surface area contributed by atoms with Crippen LogP contribution in [0.4, 0.5) is 18.9 Å². The lowest BCUT2D eigenvalue weighted by Crippen LogP contribution is -2.55. The number of ether oxygens (including phenoxy) is 1. The van der Waals surface area contributed by atoms with Crippen LogP contribution in [-0.4, -0.2) is 67.1 Å². The van der Waals surface area contributed by atoms with Gasteiger partial charge in [0.2, 0.25) is 5.91 Å². The maximum atomic E-state index is 13.3. The molecule has 1 heterocycles. The van der Waals surface area contributed by atoms with Crippen LogP contribution >= 0.6 is 0 Å². The van der Waals surface area contributed by atoms with E-state index in [-0.39, 0.29) is 23.6 Å². The van der Waals surface area contributed by atoms with Crippen LogP contribution in [0.15, 0.2) is 24.3 Å². The minimum absolute atomic E-state index is 0.0630. The van der Waals surface area contributed by atoms with Crippen LogP contribution in [0, 0.1) is 23.2 Å². The third kappa shape index (κ3) is 5.40. The van der Waals surface area contributed by atoms with Gasteiger partial charge in [0.15, 0.2) is 5.78 Å². The molecule has 34 heavy (non-hydrogen) atoms. The zero-order chi connectivity index (χ0) is 23.9. The summed E-state index contributed by atoms with van der Waals surface area (Å²) >= 11 is 0. The molecule has 0 aromatic heterocycles. The van der Waals surface area contributed by atoms with Crippen molar-refractivity contribution in [3.63, 3.8) is 0 Å². The Kier molecular flexibility index (Phi) is 6.35. The first-order valence-electron chi connectivity index (χ1n) is 12.3. The molecule has 1 N–H and O–H groups in total. The number of benzene rings is 1. The van der Waals surface area contributed by atoms with Crippen molar-refractivity contribution in [1.29, 1.82) is 0 Å². The number of Topliss-reactive ketones (excluding diaryl/α,β-unsaturated/α-hetero) is 1. The molecule has 1 aromatic rings. The van der Waals surface area contributed by atoms with E-state index in [0.29, 0.717) is 31.1 Å². The van der Waals surface area contributed by atoms with E-state index in [0.717, 1.165) is 50.1 Å². The fourth-order valence-electron chi connectivity index (χ4n) is 7.07. The summed E-state index contributed by atoms with van der Waals surface area (Å²) in [6.45, 7) is 3.67. The molecule has 4 aliphatic carbocycles. The van der Waals surface area contributed by atoms with Crippen molar-refractivity contribution in [2.75, 3.05) is 44.6 Å². The number of carbonyl (C=O) groups excluding carboxylic acids is 2. The summed E-state index contributed by atoms with van der Waals surface area (Å²) in [6.07, 6.45) is 2.55. The fraction of sp³-hybridized carbons (Fsp3) is 0.680. The van der Waals surface area contributed by atoms with Crippen LogP contribution in [0.5, 0.6) is 5.75 Å². The third-order valence-corrected chi connectivity index (χ3v) is 8.20. The van der Waals surface area contributed by atoms with E-state index in [1.54, 1.807) is 0 Å². The Bertz CT molecular complexity index is 875. The van der Waals surface area contributed by atoms with Gasteiger partial charge >= 0.3 is 6.36 Å². The van der Waals surface area contributed by atoms with E-state index in [1.165, 1.54) is 43.5 Å². The van der Waals surface area contributed by atoms with Crippen molar-refractivity contribution in [2.45, 2.75) is 44.9 Å². The van der Waals surface area contributed by atoms with Crippen molar-refractivity contribution in [3.05, 3.63) is 24.3 Å². The molecule has 4 saturated carbocycles. The quantitative estimate of drug-likeness (QED) is 0.642. The van der Waals surface area contributed by atoms with Gasteiger partial charge in [0, 0.05) is 37.3 Å². The number of alkyl halides is 3. The third-order valence-electron chi connectivity index (χ3n) is 8.20. The lowest BCUT2D eigenvalue weighted by molar-refractivity contribution is -0.274. The van der Waals surface area contributed by atoms with E-state index < -0.39 is 6.36 Å². The van der Waals surface area contributed by atoms with Gasteiger partial charge in [-0.25, -0.2) is 0 Å². The Morgan fingerprint density at radius 2 is 1.38 bits per heavy atom. The number of carbonyl (C=O) groups is 2. The van der Waals surface area contributed by atoms with Crippen molar-refractivity contribution < 1.29 is 27.5 Å². The highest BCUT2D eigenvalue weighted by atomic mass is 19.4. The molecular weight excluding hydrogens is 447 g/mol. The molecule has 1 aliphatic heterocycles. The topological polar surface area (TPSA) is 61.9 Å². The van der Waals surface area contributed by atoms with Gasteiger partial charge in [-0.05, 0) is 80.5 Å². The average Bonchev–Trinajstić information content (AvgIpc) is 2.74. The highest BCUT2D eigenvalue weighted by molar-refractivity contribution is 5.92. The number of ketones is 1. The zero-order valence-corrected chi connectivity index (χ0v) is 19.3. The van der Waals surface area contributed by atoms with Crippen LogP contribution in [-0.2, 0) is 9.59 Å². The molecule has 0 atom stereocenters. The molecular formula is C25H32F3N3O3. The smallest absolute Gasteiger partial charge is 0.406 e. The number of halogens is 3. The Morgan fingerprint density at radius 1 is 0.882 bits per heavy atom. The maximum Gasteiger partial charge on any atom is 0.573 e. The molecule has 1 amide bonds. The Hall–Kier alpha value is -2.13. The van der Waals surface area contributed by atoms with E-state index in [2.05, 4.69) is 15.0 Å². The molecule has 5 aliphatic rings. The minimum atomic E-state index is -4.74. The van der Waals surface area contributed by atoms with Gasteiger partial charge in [-0.1, -0.05) is 0 Å². The molecule has 6 rings (SSSR count). The Balaban J connectivity index is 1.05. The van der Waals surface area contributed by atoms with E-state index >= 15 is 0 Å². The molecule has 0 spiro atoms. The highest BCUT2D eigenvalue weighted by Gasteiger charge is 2.54. The Labute approximate surface area is 197 Å². The molecule has 4 bridgehead atoms. The van der Waals surface area contributed by atoms with Gasteiger partial charge in [-0.3, -0.25) is 19.4 Å². The molecule has 0 radical (unpaired) electrons. The van der Waals surface area contributed by atoms with Crippen molar-refractivity contribution in [2.24, 2.45) is 23.2 Å². The largest absolute Gasteiger partial charge is 0.573 e. The van der Waals surface area contributed by atoms with Gasteiger partial charge in [-0.2, -0.15) is 0 Å². The first-order chi connectivity index (χ1) is 16.2. The predicted molar refractivity (Wildman–Crippen MR) is 120 cm³/mol. The van der Waals surface area contributed by atoms with E-state index in [9.17, 15) is 22.8 Å². The van der Waals surface area contributed by atoms with Gasteiger partial charge in [0.1, 0.15) is 5.75 Å². The maximum absolute atomic E-state index is 13.3. The average molecular weight is 480 g/mol.